The zero-order chi connectivity index (χ0) is 14.7. The second-order valence-electron chi connectivity index (χ2n) is 5.17. The van der Waals surface area contributed by atoms with Crippen LogP contribution in [-0.2, 0) is 20.7 Å². The van der Waals surface area contributed by atoms with Crippen molar-refractivity contribution in [2.75, 3.05) is 7.11 Å². The van der Waals surface area contributed by atoms with E-state index in [1.807, 2.05) is 38.1 Å². The molecular formula is C15H19NO4. The maximum absolute atomic E-state index is 12.2. The Morgan fingerprint density at radius 1 is 1.35 bits per heavy atom. The number of nitrogens with one attached hydrogen (secondary N) is 1. The molecule has 2 rings (SSSR count). The fourth-order valence-corrected chi connectivity index (χ4v) is 2.20. The van der Waals surface area contributed by atoms with Crippen LogP contribution < -0.4 is 10.1 Å². The zero-order valence-electron chi connectivity index (χ0n) is 11.9. The van der Waals surface area contributed by atoms with E-state index in [9.17, 15) is 9.59 Å². The number of carbonyl (C=O) groups excluding carboxylic acids is 2. The zero-order valence-corrected chi connectivity index (χ0v) is 11.9. The topological polar surface area (TPSA) is 64.6 Å². The minimum absolute atomic E-state index is 0.0461. The van der Waals surface area contributed by atoms with E-state index < -0.39 is 18.1 Å². The van der Waals surface area contributed by atoms with E-state index in [1.54, 1.807) is 0 Å². The molecule has 0 aliphatic carbocycles. The SMILES string of the molecule is COC(=O)[C@@H](NC(=O)C1Cc2ccccc2O1)C(C)C. The maximum Gasteiger partial charge on any atom is 0.328 e. The third kappa shape index (κ3) is 2.92. The molecular weight excluding hydrogens is 258 g/mol. The molecule has 1 N–H and O–H groups in total. The number of esters is 1. The first-order chi connectivity index (χ1) is 9.52. The van der Waals surface area contributed by atoms with Gasteiger partial charge in [-0.1, -0.05) is 32.0 Å². The van der Waals surface area contributed by atoms with Crippen LogP contribution in [0.25, 0.3) is 0 Å². The summed E-state index contributed by atoms with van der Waals surface area (Å²) in [5.74, 6) is -0.0452. The standard InChI is InChI=1S/C15H19NO4/c1-9(2)13(15(18)19-3)16-14(17)12-8-10-6-4-5-7-11(10)20-12/h4-7,9,12-13H,8H2,1-3H3,(H,16,17)/t12?,13-/m0/s1. The lowest BCUT2D eigenvalue weighted by atomic mass is 10.0. The molecule has 0 aromatic heterocycles. The van der Waals surface area contributed by atoms with Crippen molar-refractivity contribution in [3.8, 4) is 5.75 Å². The van der Waals surface area contributed by atoms with Crippen LogP contribution in [0.3, 0.4) is 0 Å². The van der Waals surface area contributed by atoms with Crippen molar-refractivity contribution < 1.29 is 19.1 Å². The highest BCUT2D eigenvalue weighted by Crippen LogP contribution is 2.28. The molecule has 1 aromatic rings. The monoisotopic (exact) mass is 277 g/mol. The first-order valence-electron chi connectivity index (χ1n) is 6.65. The van der Waals surface area contributed by atoms with Crippen LogP contribution in [-0.4, -0.2) is 31.1 Å². The summed E-state index contributed by atoms with van der Waals surface area (Å²) < 4.78 is 10.3. The second-order valence-corrected chi connectivity index (χ2v) is 5.17. The largest absolute Gasteiger partial charge is 0.480 e. The molecule has 108 valence electrons. The van der Waals surface area contributed by atoms with E-state index in [-0.39, 0.29) is 11.8 Å². The average Bonchev–Trinajstić information content (AvgIpc) is 2.87. The lowest BCUT2D eigenvalue weighted by Crippen LogP contribution is -2.49. The molecule has 0 saturated carbocycles. The van der Waals surface area contributed by atoms with Gasteiger partial charge in [-0.3, -0.25) is 4.79 Å². The van der Waals surface area contributed by atoms with Crippen molar-refractivity contribution in [3.63, 3.8) is 0 Å². The van der Waals surface area contributed by atoms with Crippen molar-refractivity contribution in [2.24, 2.45) is 5.92 Å². The van der Waals surface area contributed by atoms with Gasteiger partial charge in [0.1, 0.15) is 11.8 Å². The number of fused-ring (bicyclic) bond motifs is 1. The Bertz CT molecular complexity index is 487. The van der Waals surface area contributed by atoms with Gasteiger partial charge >= 0.3 is 5.97 Å². The van der Waals surface area contributed by atoms with Gasteiger partial charge in [-0.25, -0.2) is 4.79 Å². The highest BCUT2D eigenvalue weighted by molar-refractivity contribution is 5.88. The summed E-state index contributed by atoms with van der Waals surface area (Å²) in [4.78, 5) is 23.8. The molecule has 0 fully saturated rings. The number of para-hydroxylation sites is 1. The molecule has 1 aliphatic rings. The lowest BCUT2D eigenvalue weighted by Gasteiger charge is -2.21. The Hall–Kier alpha value is -2.04. The van der Waals surface area contributed by atoms with Crippen LogP contribution in [0.15, 0.2) is 24.3 Å². The molecule has 0 saturated heterocycles. The quantitative estimate of drug-likeness (QED) is 0.843. The molecule has 0 bridgehead atoms. The fourth-order valence-electron chi connectivity index (χ4n) is 2.20. The van der Waals surface area contributed by atoms with Gasteiger partial charge in [-0.2, -0.15) is 0 Å². The molecule has 0 spiro atoms. The van der Waals surface area contributed by atoms with Gasteiger partial charge in [-0.15, -0.1) is 0 Å². The number of ether oxygens (including phenoxy) is 2. The van der Waals surface area contributed by atoms with Gasteiger partial charge in [0.15, 0.2) is 6.10 Å². The van der Waals surface area contributed by atoms with Gasteiger partial charge in [0, 0.05) is 6.42 Å². The molecule has 5 nitrogen and oxygen atoms in total. The molecule has 1 heterocycles. The van der Waals surface area contributed by atoms with Gasteiger partial charge < -0.3 is 14.8 Å². The van der Waals surface area contributed by atoms with Gasteiger partial charge in [0.05, 0.1) is 7.11 Å². The van der Waals surface area contributed by atoms with Gasteiger partial charge in [0.25, 0.3) is 5.91 Å². The summed E-state index contributed by atoms with van der Waals surface area (Å²) >= 11 is 0. The molecule has 0 radical (unpaired) electrons. The summed E-state index contributed by atoms with van der Waals surface area (Å²) in [6.07, 6.45) is -0.0631. The van der Waals surface area contributed by atoms with Crippen LogP contribution in [0, 0.1) is 5.92 Å². The average molecular weight is 277 g/mol. The van der Waals surface area contributed by atoms with Crippen LogP contribution in [0.1, 0.15) is 19.4 Å². The Labute approximate surface area is 118 Å². The highest BCUT2D eigenvalue weighted by atomic mass is 16.5. The summed E-state index contributed by atoms with van der Waals surface area (Å²) in [7, 11) is 1.31. The Morgan fingerprint density at radius 3 is 2.65 bits per heavy atom. The third-order valence-electron chi connectivity index (χ3n) is 3.36. The molecule has 5 heteroatoms. The number of rotatable bonds is 4. The van der Waals surface area contributed by atoms with Crippen LogP contribution in [0.4, 0.5) is 0 Å². The number of carbonyl (C=O) groups is 2. The maximum atomic E-state index is 12.2. The van der Waals surface area contributed by atoms with Crippen LogP contribution in [0.5, 0.6) is 5.75 Å². The van der Waals surface area contributed by atoms with Crippen LogP contribution in [0.2, 0.25) is 0 Å². The number of benzene rings is 1. The number of hydrogen-bond donors (Lipinski definition) is 1. The minimum atomic E-state index is -0.653. The van der Waals surface area contributed by atoms with E-state index in [2.05, 4.69) is 5.32 Å². The van der Waals surface area contributed by atoms with Crippen LogP contribution >= 0.6 is 0 Å². The first kappa shape index (κ1) is 14.4. The Kier molecular flexibility index (Phi) is 4.27. The lowest BCUT2D eigenvalue weighted by molar-refractivity contribution is -0.147. The normalized spacial score (nSPS) is 18.1. The number of amides is 1. The molecule has 20 heavy (non-hydrogen) atoms. The smallest absolute Gasteiger partial charge is 0.328 e. The van der Waals surface area contributed by atoms with E-state index in [0.717, 1.165) is 11.3 Å². The van der Waals surface area contributed by atoms with E-state index in [1.165, 1.54) is 7.11 Å². The molecule has 1 amide bonds. The predicted octanol–water partition coefficient (Wildman–Crippen LogP) is 1.30. The first-order valence-corrected chi connectivity index (χ1v) is 6.65. The minimum Gasteiger partial charge on any atom is -0.480 e. The predicted molar refractivity (Wildman–Crippen MR) is 73.3 cm³/mol. The summed E-state index contributed by atoms with van der Waals surface area (Å²) in [5.41, 5.74) is 1.01. The number of hydrogen-bond acceptors (Lipinski definition) is 4. The van der Waals surface area contributed by atoms with E-state index in [0.29, 0.717) is 6.42 Å². The van der Waals surface area contributed by atoms with E-state index in [4.69, 9.17) is 9.47 Å². The van der Waals surface area contributed by atoms with Crippen molar-refractivity contribution in [1.82, 2.24) is 5.32 Å². The van der Waals surface area contributed by atoms with Crippen molar-refractivity contribution in [3.05, 3.63) is 29.8 Å². The summed E-state index contributed by atoms with van der Waals surface area (Å²) in [6, 6.07) is 6.89. The van der Waals surface area contributed by atoms with Gasteiger partial charge in [0.2, 0.25) is 0 Å². The second kappa shape index (κ2) is 5.94. The Morgan fingerprint density at radius 2 is 2.05 bits per heavy atom. The third-order valence-corrected chi connectivity index (χ3v) is 3.36. The van der Waals surface area contributed by atoms with Crippen molar-refractivity contribution in [2.45, 2.75) is 32.4 Å². The number of methoxy groups -OCH3 is 1. The van der Waals surface area contributed by atoms with E-state index >= 15 is 0 Å². The van der Waals surface area contributed by atoms with Crippen molar-refractivity contribution >= 4 is 11.9 Å². The highest BCUT2D eigenvalue weighted by Gasteiger charge is 2.33. The molecule has 2 atom stereocenters. The van der Waals surface area contributed by atoms with Crippen molar-refractivity contribution in [1.29, 1.82) is 0 Å². The Balaban J connectivity index is 2.01. The fraction of sp³-hybridized carbons (Fsp3) is 0.467. The molecule has 1 aliphatic heterocycles. The molecule has 1 unspecified atom stereocenters. The summed E-state index contributed by atoms with van der Waals surface area (Å²) in [5, 5.41) is 2.71. The summed E-state index contributed by atoms with van der Waals surface area (Å²) in [6.45, 7) is 3.71. The van der Waals surface area contributed by atoms with Gasteiger partial charge in [-0.05, 0) is 17.5 Å². The molecule has 1 aromatic carbocycles.